The van der Waals surface area contributed by atoms with Crippen LogP contribution < -0.4 is 5.69 Å². The second kappa shape index (κ2) is 6.63. The van der Waals surface area contributed by atoms with Gasteiger partial charge in [0.05, 0.1) is 11.0 Å². The monoisotopic (exact) mass is 365 g/mol. The summed E-state index contributed by atoms with van der Waals surface area (Å²) in [6.07, 6.45) is 3.29. The lowest BCUT2D eigenvalue weighted by Gasteiger charge is -2.40. The summed E-state index contributed by atoms with van der Waals surface area (Å²) >= 11 is 1.98. The Morgan fingerprint density at radius 2 is 1.73 bits per heavy atom. The number of thioether (sulfide) groups is 1. The van der Waals surface area contributed by atoms with E-state index >= 15 is 0 Å². The van der Waals surface area contributed by atoms with Crippen molar-refractivity contribution in [3.05, 3.63) is 64.6 Å². The van der Waals surface area contributed by atoms with Gasteiger partial charge in [0.25, 0.3) is 0 Å². The van der Waals surface area contributed by atoms with Gasteiger partial charge < -0.3 is 4.98 Å². The molecule has 1 unspecified atom stereocenters. The fourth-order valence-electron chi connectivity index (χ4n) is 4.60. The smallest absolute Gasteiger partial charge is 0.306 e. The molecule has 0 saturated carbocycles. The largest absolute Gasteiger partial charge is 0.326 e. The first kappa shape index (κ1) is 16.2. The third-order valence-electron chi connectivity index (χ3n) is 5.86. The number of hydrogen-bond donors (Lipinski definition) is 1. The van der Waals surface area contributed by atoms with Crippen LogP contribution in [0.2, 0.25) is 0 Å². The zero-order valence-corrected chi connectivity index (χ0v) is 15.5. The number of aromatic amines is 1. The van der Waals surface area contributed by atoms with Gasteiger partial charge >= 0.3 is 5.69 Å². The maximum Gasteiger partial charge on any atom is 0.326 e. The molecule has 5 heteroatoms. The first-order valence-electron chi connectivity index (χ1n) is 9.46. The Hall–Kier alpha value is -1.98. The first-order chi connectivity index (χ1) is 12.8. The van der Waals surface area contributed by atoms with Gasteiger partial charge in [-0.1, -0.05) is 30.3 Å². The molecule has 2 aliphatic heterocycles. The molecule has 4 nitrogen and oxygen atoms in total. The molecule has 1 atom stereocenters. The number of H-pyrrole nitrogens is 1. The molecule has 0 spiro atoms. The molecule has 0 radical (unpaired) electrons. The number of benzene rings is 2. The first-order valence-corrected chi connectivity index (χ1v) is 10.4. The molecule has 1 aromatic heterocycles. The SMILES string of the molecule is O=c1[nH]c2ccccc2n1C1CCN(C2CCSc3ccccc32)CC1. The van der Waals surface area contributed by atoms with E-state index in [0.717, 1.165) is 37.0 Å². The molecular formula is C21H23N3OS. The van der Waals surface area contributed by atoms with E-state index in [-0.39, 0.29) is 5.69 Å². The Labute approximate surface area is 157 Å². The van der Waals surface area contributed by atoms with E-state index in [0.29, 0.717) is 12.1 Å². The van der Waals surface area contributed by atoms with Crippen LogP contribution in [-0.4, -0.2) is 33.3 Å². The minimum atomic E-state index is 0.0315. The lowest BCUT2D eigenvalue weighted by molar-refractivity contribution is 0.130. The molecule has 0 amide bonds. The van der Waals surface area contributed by atoms with E-state index in [1.165, 1.54) is 22.6 Å². The minimum absolute atomic E-state index is 0.0315. The molecule has 0 aliphatic carbocycles. The van der Waals surface area contributed by atoms with Crippen LogP contribution in [0.1, 0.15) is 36.9 Å². The molecule has 3 aromatic rings. The number of likely N-dealkylation sites (tertiary alicyclic amines) is 1. The standard InChI is InChI=1S/C21H23N3OS/c25-21-22-17-6-2-3-7-19(17)24(21)15-9-12-23(13-10-15)18-11-14-26-20-8-4-1-5-16(18)20/h1-8,15,18H,9-14H2,(H,22,25). The second-order valence-electron chi connectivity index (χ2n) is 7.28. The topological polar surface area (TPSA) is 41.0 Å². The van der Waals surface area contributed by atoms with Crippen LogP contribution in [0.15, 0.2) is 58.2 Å². The van der Waals surface area contributed by atoms with Crippen molar-refractivity contribution in [3.8, 4) is 0 Å². The highest BCUT2D eigenvalue weighted by atomic mass is 32.2. The van der Waals surface area contributed by atoms with Crippen LogP contribution in [0.3, 0.4) is 0 Å². The van der Waals surface area contributed by atoms with Crippen molar-refractivity contribution < 1.29 is 0 Å². The molecular weight excluding hydrogens is 342 g/mol. The van der Waals surface area contributed by atoms with Crippen molar-refractivity contribution in [1.82, 2.24) is 14.5 Å². The molecule has 2 aliphatic rings. The Kier molecular flexibility index (Phi) is 4.14. The van der Waals surface area contributed by atoms with Crippen molar-refractivity contribution in [2.24, 2.45) is 0 Å². The van der Waals surface area contributed by atoms with E-state index in [1.54, 1.807) is 0 Å². The number of nitrogens with one attached hydrogen (secondary N) is 1. The zero-order valence-electron chi connectivity index (χ0n) is 14.7. The number of piperidine rings is 1. The number of para-hydroxylation sites is 2. The van der Waals surface area contributed by atoms with Crippen LogP contribution in [0.4, 0.5) is 0 Å². The van der Waals surface area contributed by atoms with Crippen LogP contribution in [0.5, 0.6) is 0 Å². The number of hydrogen-bond acceptors (Lipinski definition) is 3. The van der Waals surface area contributed by atoms with Crippen LogP contribution in [0, 0.1) is 0 Å². The van der Waals surface area contributed by atoms with E-state index in [1.807, 2.05) is 40.6 Å². The number of rotatable bonds is 2. The van der Waals surface area contributed by atoms with Crippen molar-refractivity contribution >= 4 is 22.8 Å². The van der Waals surface area contributed by atoms with Crippen molar-refractivity contribution in [3.63, 3.8) is 0 Å². The number of imidazole rings is 1. The molecule has 26 heavy (non-hydrogen) atoms. The summed E-state index contributed by atoms with van der Waals surface area (Å²) in [6, 6.07) is 17.7. The number of fused-ring (bicyclic) bond motifs is 2. The highest BCUT2D eigenvalue weighted by Gasteiger charge is 2.30. The molecule has 5 rings (SSSR count). The third kappa shape index (κ3) is 2.70. The summed E-state index contributed by atoms with van der Waals surface area (Å²) < 4.78 is 1.98. The Bertz CT molecular complexity index is 984. The van der Waals surface area contributed by atoms with E-state index < -0.39 is 0 Å². The normalized spacial score (nSPS) is 21.8. The van der Waals surface area contributed by atoms with Gasteiger partial charge in [-0.2, -0.15) is 0 Å². The number of nitrogens with zero attached hydrogens (tertiary/aromatic N) is 2. The van der Waals surface area contributed by atoms with Crippen LogP contribution >= 0.6 is 11.8 Å². The van der Waals surface area contributed by atoms with Gasteiger partial charge in [0.2, 0.25) is 0 Å². The van der Waals surface area contributed by atoms with Gasteiger partial charge in [-0.3, -0.25) is 9.47 Å². The maximum absolute atomic E-state index is 12.5. The predicted octanol–water partition coefficient (Wildman–Crippen LogP) is 4.20. The zero-order chi connectivity index (χ0) is 17.5. The van der Waals surface area contributed by atoms with Gasteiger partial charge in [0.15, 0.2) is 0 Å². The average molecular weight is 366 g/mol. The number of aromatic nitrogens is 2. The average Bonchev–Trinajstić information content (AvgIpc) is 3.03. The lowest BCUT2D eigenvalue weighted by Crippen LogP contribution is -2.40. The molecule has 134 valence electrons. The molecule has 1 N–H and O–H groups in total. The Balaban J connectivity index is 1.37. The van der Waals surface area contributed by atoms with E-state index in [2.05, 4.69) is 34.1 Å². The fraction of sp³-hybridized carbons (Fsp3) is 0.381. The minimum Gasteiger partial charge on any atom is -0.306 e. The Morgan fingerprint density at radius 1 is 0.962 bits per heavy atom. The summed E-state index contributed by atoms with van der Waals surface area (Å²) in [5.74, 6) is 1.20. The van der Waals surface area contributed by atoms with E-state index in [9.17, 15) is 4.79 Å². The summed E-state index contributed by atoms with van der Waals surface area (Å²) in [5.41, 5.74) is 3.50. The van der Waals surface area contributed by atoms with Crippen LogP contribution in [-0.2, 0) is 0 Å². The summed E-state index contributed by atoms with van der Waals surface area (Å²) in [4.78, 5) is 19.6. The highest BCUT2D eigenvalue weighted by Crippen LogP contribution is 2.41. The fourth-order valence-corrected chi connectivity index (χ4v) is 5.70. The maximum atomic E-state index is 12.5. The molecule has 3 heterocycles. The molecule has 1 fully saturated rings. The van der Waals surface area contributed by atoms with Crippen LogP contribution in [0.25, 0.3) is 11.0 Å². The molecule has 2 aromatic carbocycles. The van der Waals surface area contributed by atoms with Gasteiger partial charge in [-0.25, -0.2) is 4.79 Å². The summed E-state index contributed by atoms with van der Waals surface area (Å²) in [6.45, 7) is 2.11. The summed E-state index contributed by atoms with van der Waals surface area (Å²) in [5, 5.41) is 0. The third-order valence-corrected chi connectivity index (χ3v) is 6.98. The quantitative estimate of drug-likeness (QED) is 0.740. The van der Waals surface area contributed by atoms with Gasteiger partial charge in [-0.05, 0) is 48.8 Å². The second-order valence-corrected chi connectivity index (χ2v) is 8.41. The predicted molar refractivity (Wildman–Crippen MR) is 107 cm³/mol. The highest BCUT2D eigenvalue weighted by molar-refractivity contribution is 7.99. The van der Waals surface area contributed by atoms with Crippen molar-refractivity contribution in [2.45, 2.75) is 36.2 Å². The molecule has 0 bridgehead atoms. The van der Waals surface area contributed by atoms with E-state index in [4.69, 9.17) is 0 Å². The van der Waals surface area contributed by atoms with Gasteiger partial charge in [-0.15, -0.1) is 11.8 Å². The Morgan fingerprint density at radius 3 is 2.62 bits per heavy atom. The van der Waals surface area contributed by atoms with Crippen molar-refractivity contribution in [2.75, 3.05) is 18.8 Å². The van der Waals surface area contributed by atoms with Gasteiger partial charge in [0, 0.05) is 30.1 Å². The van der Waals surface area contributed by atoms with Gasteiger partial charge in [0.1, 0.15) is 0 Å². The van der Waals surface area contributed by atoms with Crippen molar-refractivity contribution in [1.29, 1.82) is 0 Å². The summed E-state index contributed by atoms with van der Waals surface area (Å²) in [7, 11) is 0. The molecule has 1 saturated heterocycles. The lowest BCUT2D eigenvalue weighted by atomic mass is 9.97.